The van der Waals surface area contributed by atoms with Gasteiger partial charge < -0.3 is 10.6 Å². The number of nitrogens with two attached hydrogens (primary N) is 1. The van der Waals surface area contributed by atoms with Crippen molar-refractivity contribution in [3.63, 3.8) is 0 Å². The number of fused-ring (bicyclic) bond motifs is 1. The molecule has 1 heterocycles. The van der Waals surface area contributed by atoms with E-state index in [9.17, 15) is 0 Å². The van der Waals surface area contributed by atoms with Gasteiger partial charge in [0.25, 0.3) is 0 Å². The zero-order valence-electron chi connectivity index (χ0n) is 10.2. The molecule has 1 aromatic rings. The maximum absolute atomic E-state index is 5.98. The van der Waals surface area contributed by atoms with Gasteiger partial charge in [0.1, 0.15) is 11.6 Å². The molecule has 0 spiro atoms. The number of nitrogen functional groups attached to an aromatic ring is 1. The Balaban J connectivity index is 2.18. The SMILES string of the molecule is CN(C)CCc1nc(N)c2c(n1)CCCC2. The van der Waals surface area contributed by atoms with Gasteiger partial charge >= 0.3 is 0 Å². The fourth-order valence-corrected chi connectivity index (χ4v) is 2.11. The van der Waals surface area contributed by atoms with E-state index in [4.69, 9.17) is 5.73 Å². The lowest BCUT2D eigenvalue weighted by Crippen LogP contribution is -2.19. The minimum atomic E-state index is 0.707. The summed E-state index contributed by atoms with van der Waals surface area (Å²) in [5.41, 5.74) is 8.37. The fraction of sp³-hybridized carbons (Fsp3) is 0.667. The average molecular weight is 220 g/mol. The Hall–Kier alpha value is -1.16. The molecule has 16 heavy (non-hydrogen) atoms. The molecule has 88 valence electrons. The van der Waals surface area contributed by atoms with E-state index in [-0.39, 0.29) is 0 Å². The van der Waals surface area contributed by atoms with Crippen LogP contribution in [0, 0.1) is 0 Å². The summed E-state index contributed by atoms with van der Waals surface area (Å²) in [7, 11) is 4.11. The number of likely N-dealkylation sites (N-methyl/N-ethyl adjacent to an activating group) is 1. The molecule has 0 aromatic carbocycles. The molecule has 0 unspecified atom stereocenters. The average Bonchev–Trinajstić information content (AvgIpc) is 2.26. The molecule has 1 aliphatic rings. The van der Waals surface area contributed by atoms with Crippen LogP contribution >= 0.6 is 0 Å². The third-order valence-corrected chi connectivity index (χ3v) is 3.04. The molecule has 1 aromatic heterocycles. The lowest BCUT2D eigenvalue weighted by Gasteiger charge is -2.17. The van der Waals surface area contributed by atoms with Crippen LogP contribution in [-0.4, -0.2) is 35.5 Å². The van der Waals surface area contributed by atoms with Gasteiger partial charge in [0, 0.05) is 24.2 Å². The van der Waals surface area contributed by atoms with Crippen molar-refractivity contribution in [3.05, 3.63) is 17.1 Å². The molecule has 1 aliphatic carbocycles. The molecule has 2 N–H and O–H groups in total. The third kappa shape index (κ3) is 2.50. The Morgan fingerprint density at radius 2 is 1.94 bits per heavy atom. The van der Waals surface area contributed by atoms with Gasteiger partial charge in [-0.1, -0.05) is 0 Å². The smallest absolute Gasteiger partial charge is 0.132 e. The summed E-state index contributed by atoms with van der Waals surface area (Å²) in [6.45, 7) is 0.970. The second kappa shape index (κ2) is 4.78. The van der Waals surface area contributed by atoms with Gasteiger partial charge in [-0.3, -0.25) is 0 Å². The summed E-state index contributed by atoms with van der Waals surface area (Å²) >= 11 is 0. The molecule has 0 bridgehead atoms. The predicted octanol–water partition coefficient (Wildman–Crippen LogP) is 1.04. The van der Waals surface area contributed by atoms with Crippen LogP contribution in [0.5, 0.6) is 0 Å². The first-order valence-electron chi connectivity index (χ1n) is 5.95. The van der Waals surface area contributed by atoms with Gasteiger partial charge in [-0.15, -0.1) is 0 Å². The number of hydrogen-bond acceptors (Lipinski definition) is 4. The molecule has 0 radical (unpaired) electrons. The molecule has 0 amide bonds. The van der Waals surface area contributed by atoms with E-state index in [0.29, 0.717) is 5.82 Å². The van der Waals surface area contributed by atoms with Crippen molar-refractivity contribution in [3.8, 4) is 0 Å². The van der Waals surface area contributed by atoms with E-state index in [1.165, 1.54) is 24.1 Å². The summed E-state index contributed by atoms with van der Waals surface area (Å²) in [6, 6.07) is 0. The molecule has 0 saturated carbocycles. The maximum Gasteiger partial charge on any atom is 0.132 e. The van der Waals surface area contributed by atoms with E-state index in [0.717, 1.165) is 31.6 Å². The van der Waals surface area contributed by atoms with Crippen molar-refractivity contribution in [2.45, 2.75) is 32.1 Å². The highest BCUT2D eigenvalue weighted by atomic mass is 15.1. The fourth-order valence-electron chi connectivity index (χ4n) is 2.11. The number of rotatable bonds is 3. The van der Waals surface area contributed by atoms with Crippen LogP contribution in [0.2, 0.25) is 0 Å². The van der Waals surface area contributed by atoms with Crippen molar-refractivity contribution in [2.24, 2.45) is 0 Å². The lowest BCUT2D eigenvalue weighted by atomic mass is 9.96. The molecular weight excluding hydrogens is 200 g/mol. The quantitative estimate of drug-likeness (QED) is 0.827. The van der Waals surface area contributed by atoms with Crippen molar-refractivity contribution in [1.82, 2.24) is 14.9 Å². The predicted molar refractivity (Wildman–Crippen MR) is 65.3 cm³/mol. The van der Waals surface area contributed by atoms with Crippen LogP contribution in [0.4, 0.5) is 5.82 Å². The molecule has 2 rings (SSSR count). The van der Waals surface area contributed by atoms with Crippen molar-refractivity contribution >= 4 is 5.82 Å². The summed E-state index contributed by atoms with van der Waals surface area (Å²) in [5.74, 6) is 1.60. The van der Waals surface area contributed by atoms with E-state index in [1.54, 1.807) is 0 Å². The van der Waals surface area contributed by atoms with E-state index >= 15 is 0 Å². The number of hydrogen-bond donors (Lipinski definition) is 1. The first-order chi connectivity index (χ1) is 7.66. The van der Waals surface area contributed by atoms with Gasteiger partial charge in [-0.2, -0.15) is 0 Å². The highest BCUT2D eigenvalue weighted by molar-refractivity contribution is 5.43. The Morgan fingerprint density at radius 3 is 2.69 bits per heavy atom. The number of aryl methyl sites for hydroxylation is 1. The zero-order chi connectivity index (χ0) is 11.5. The minimum absolute atomic E-state index is 0.707. The van der Waals surface area contributed by atoms with Gasteiger partial charge in [0.05, 0.1) is 0 Å². The van der Waals surface area contributed by atoms with Crippen molar-refractivity contribution in [1.29, 1.82) is 0 Å². The molecule has 0 aliphatic heterocycles. The van der Waals surface area contributed by atoms with Crippen molar-refractivity contribution < 1.29 is 0 Å². The van der Waals surface area contributed by atoms with E-state index in [1.807, 2.05) is 0 Å². The Labute approximate surface area is 96.9 Å². The Kier molecular flexibility index (Phi) is 3.39. The zero-order valence-corrected chi connectivity index (χ0v) is 10.2. The van der Waals surface area contributed by atoms with Crippen molar-refractivity contribution in [2.75, 3.05) is 26.4 Å². The minimum Gasteiger partial charge on any atom is -0.383 e. The monoisotopic (exact) mass is 220 g/mol. The van der Waals surface area contributed by atoms with E-state index in [2.05, 4.69) is 29.0 Å². The summed E-state index contributed by atoms with van der Waals surface area (Å²) < 4.78 is 0. The lowest BCUT2D eigenvalue weighted by molar-refractivity contribution is 0.409. The molecular formula is C12H20N4. The number of aromatic nitrogens is 2. The highest BCUT2D eigenvalue weighted by Crippen LogP contribution is 2.23. The topological polar surface area (TPSA) is 55.0 Å². The first-order valence-corrected chi connectivity index (χ1v) is 5.95. The molecule has 0 atom stereocenters. The van der Waals surface area contributed by atoms with Crippen LogP contribution in [0.15, 0.2) is 0 Å². The summed E-state index contributed by atoms with van der Waals surface area (Å²) in [6.07, 6.45) is 5.45. The Bertz CT molecular complexity index is 374. The second-order valence-corrected chi connectivity index (χ2v) is 4.71. The summed E-state index contributed by atoms with van der Waals surface area (Å²) in [4.78, 5) is 11.2. The van der Waals surface area contributed by atoms with Crippen LogP contribution in [-0.2, 0) is 19.3 Å². The maximum atomic E-state index is 5.98. The van der Waals surface area contributed by atoms with Crippen LogP contribution in [0.25, 0.3) is 0 Å². The van der Waals surface area contributed by atoms with Gasteiger partial charge in [-0.05, 0) is 39.8 Å². The molecule has 4 heteroatoms. The first kappa shape index (κ1) is 11.3. The number of anilines is 1. The van der Waals surface area contributed by atoms with Crippen LogP contribution < -0.4 is 5.73 Å². The van der Waals surface area contributed by atoms with Gasteiger partial charge in [0.15, 0.2) is 0 Å². The molecule has 4 nitrogen and oxygen atoms in total. The summed E-state index contributed by atoms with van der Waals surface area (Å²) in [5, 5.41) is 0. The Morgan fingerprint density at radius 1 is 1.19 bits per heavy atom. The molecule has 0 saturated heterocycles. The standard InChI is InChI=1S/C12H20N4/c1-16(2)8-7-11-14-10-6-4-3-5-9(10)12(13)15-11/h3-8H2,1-2H3,(H2,13,14,15). The normalized spacial score (nSPS) is 15.2. The largest absolute Gasteiger partial charge is 0.383 e. The van der Waals surface area contributed by atoms with Crippen LogP contribution in [0.3, 0.4) is 0 Å². The third-order valence-electron chi connectivity index (χ3n) is 3.04. The highest BCUT2D eigenvalue weighted by Gasteiger charge is 2.15. The van der Waals surface area contributed by atoms with Crippen LogP contribution in [0.1, 0.15) is 29.9 Å². The molecule has 0 fully saturated rings. The van der Waals surface area contributed by atoms with Gasteiger partial charge in [0.2, 0.25) is 0 Å². The van der Waals surface area contributed by atoms with Gasteiger partial charge in [-0.25, -0.2) is 9.97 Å². The number of nitrogens with zero attached hydrogens (tertiary/aromatic N) is 3. The van der Waals surface area contributed by atoms with E-state index < -0.39 is 0 Å². The second-order valence-electron chi connectivity index (χ2n) is 4.71.